The standard InChI is InChI=1S/C9H17N5O2S/c1-14(2)17(15,16)6-5-11-8-3-4-12-9(7-8)13-10/h3-4,7H,5-6,10H2,1-2H3,(H2,11,12,13). The van der Waals surface area contributed by atoms with Crippen LogP contribution >= 0.6 is 0 Å². The first-order valence-electron chi connectivity index (χ1n) is 5.02. The van der Waals surface area contributed by atoms with Crippen molar-refractivity contribution >= 4 is 21.5 Å². The zero-order valence-corrected chi connectivity index (χ0v) is 10.7. The molecule has 0 radical (unpaired) electrons. The van der Waals surface area contributed by atoms with Crippen molar-refractivity contribution in [1.82, 2.24) is 9.29 Å². The third-order valence-corrected chi connectivity index (χ3v) is 3.99. The zero-order chi connectivity index (χ0) is 12.9. The van der Waals surface area contributed by atoms with E-state index in [-0.39, 0.29) is 5.75 Å². The Hall–Kier alpha value is -1.38. The molecule has 1 aromatic rings. The molecule has 96 valence electrons. The largest absolute Gasteiger partial charge is 0.384 e. The number of nitrogens with one attached hydrogen (secondary N) is 2. The van der Waals surface area contributed by atoms with E-state index in [1.807, 2.05) is 0 Å². The summed E-state index contributed by atoms with van der Waals surface area (Å²) in [7, 11) is -0.145. The maximum Gasteiger partial charge on any atom is 0.215 e. The second-order valence-corrected chi connectivity index (χ2v) is 5.90. The second-order valence-electron chi connectivity index (χ2n) is 3.60. The third kappa shape index (κ3) is 4.17. The number of rotatable bonds is 6. The Morgan fingerprint density at radius 3 is 2.76 bits per heavy atom. The fourth-order valence-corrected chi connectivity index (χ4v) is 1.85. The number of sulfonamides is 1. The van der Waals surface area contributed by atoms with Crippen LogP contribution in [0.15, 0.2) is 18.3 Å². The summed E-state index contributed by atoms with van der Waals surface area (Å²) >= 11 is 0. The first kappa shape index (κ1) is 13.7. The quantitative estimate of drug-likeness (QED) is 0.478. The number of hydrazine groups is 1. The molecule has 0 fully saturated rings. The van der Waals surface area contributed by atoms with Crippen LogP contribution in [0.3, 0.4) is 0 Å². The number of nitrogens with zero attached hydrogens (tertiary/aromatic N) is 2. The number of hydrogen-bond acceptors (Lipinski definition) is 6. The van der Waals surface area contributed by atoms with Gasteiger partial charge in [0.15, 0.2) is 0 Å². The topological polar surface area (TPSA) is 100 Å². The van der Waals surface area contributed by atoms with Gasteiger partial charge >= 0.3 is 0 Å². The minimum Gasteiger partial charge on any atom is -0.384 e. The number of anilines is 2. The molecule has 0 bridgehead atoms. The van der Waals surface area contributed by atoms with Crippen LogP contribution in [0.4, 0.5) is 11.5 Å². The van der Waals surface area contributed by atoms with Gasteiger partial charge in [0, 0.05) is 38.6 Å². The van der Waals surface area contributed by atoms with Crippen LogP contribution in [0.1, 0.15) is 0 Å². The van der Waals surface area contributed by atoms with Crippen molar-refractivity contribution in [1.29, 1.82) is 0 Å². The molecule has 0 spiro atoms. The van der Waals surface area contributed by atoms with Crippen molar-refractivity contribution in [2.45, 2.75) is 0 Å². The molecule has 0 aliphatic rings. The lowest BCUT2D eigenvalue weighted by Gasteiger charge is -2.12. The van der Waals surface area contributed by atoms with Crippen LogP contribution in [-0.4, -0.2) is 44.1 Å². The van der Waals surface area contributed by atoms with Crippen molar-refractivity contribution in [2.24, 2.45) is 5.84 Å². The van der Waals surface area contributed by atoms with Crippen LogP contribution < -0.4 is 16.6 Å². The first-order chi connectivity index (χ1) is 7.95. The van der Waals surface area contributed by atoms with Gasteiger partial charge in [-0.2, -0.15) is 0 Å². The van der Waals surface area contributed by atoms with E-state index in [0.717, 1.165) is 5.69 Å². The van der Waals surface area contributed by atoms with Gasteiger partial charge in [0.25, 0.3) is 0 Å². The lowest BCUT2D eigenvalue weighted by molar-refractivity contribution is 0.521. The summed E-state index contributed by atoms with van der Waals surface area (Å²) in [5, 5.41) is 2.99. The van der Waals surface area contributed by atoms with E-state index >= 15 is 0 Å². The lowest BCUT2D eigenvalue weighted by atomic mass is 10.4. The summed E-state index contributed by atoms with van der Waals surface area (Å²) in [5.74, 6) is 5.77. The van der Waals surface area contributed by atoms with Gasteiger partial charge in [-0.1, -0.05) is 0 Å². The molecule has 8 heteroatoms. The minimum atomic E-state index is -3.17. The molecular formula is C9H17N5O2S. The Labute approximate surface area is 101 Å². The summed E-state index contributed by atoms with van der Waals surface area (Å²) in [6.07, 6.45) is 1.58. The Morgan fingerprint density at radius 1 is 1.47 bits per heavy atom. The molecule has 0 unspecified atom stereocenters. The van der Waals surface area contributed by atoms with Crippen LogP contribution in [0, 0.1) is 0 Å². The fourth-order valence-electron chi connectivity index (χ4n) is 1.13. The summed E-state index contributed by atoms with van der Waals surface area (Å²) < 4.78 is 24.2. The predicted octanol–water partition coefficient (Wildman–Crippen LogP) is -0.329. The highest BCUT2D eigenvalue weighted by molar-refractivity contribution is 7.89. The van der Waals surface area contributed by atoms with Gasteiger partial charge in [-0.05, 0) is 6.07 Å². The normalized spacial score (nSPS) is 11.5. The van der Waals surface area contributed by atoms with E-state index in [1.165, 1.54) is 18.4 Å². The molecule has 1 aromatic heterocycles. The molecule has 0 aliphatic heterocycles. The Bertz CT molecular complexity index is 460. The lowest BCUT2D eigenvalue weighted by Crippen LogP contribution is -2.28. The Kier molecular flexibility index (Phi) is 4.67. The SMILES string of the molecule is CN(C)S(=O)(=O)CCNc1ccnc(NN)c1. The van der Waals surface area contributed by atoms with E-state index < -0.39 is 10.0 Å². The number of pyridine rings is 1. The molecule has 4 N–H and O–H groups in total. The highest BCUT2D eigenvalue weighted by Gasteiger charge is 2.12. The highest BCUT2D eigenvalue weighted by Crippen LogP contribution is 2.10. The number of hydrogen-bond donors (Lipinski definition) is 3. The van der Waals surface area contributed by atoms with Gasteiger partial charge in [0.05, 0.1) is 5.75 Å². The molecule has 7 nitrogen and oxygen atoms in total. The average Bonchev–Trinajstić information content (AvgIpc) is 2.29. The summed E-state index contributed by atoms with van der Waals surface area (Å²) in [5.41, 5.74) is 3.18. The van der Waals surface area contributed by atoms with Crippen molar-refractivity contribution < 1.29 is 8.42 Å². The van der Waals surface area contributed by atoms with Gasteiger partial charge in [-0.3, -0.25) is 0 Å². The monoisotopic (exact) mass is 259 g/mol. The maximum atomic E-state index is 11.5. The summed E-state index contributed by atoms with van der Waals surface area (Å²) in [6.45, 7) is 0.328. The highest BCUT2D eigenvalue weighted by atomic mass is 32.2. The van der Waals surface area contributed by atoms with E-state index in [4.69, 9.17) is 5.84 Å². The first-order valence-corrected chi connectivity index (χ1v) is 6.63. The fraction of sp³-hybridized carbons (Fsp3) is 0.444. The van der Waals surface area contributed by atoms with Crippen LogP contribution in [-0.2, 0) is 10.0 Å². The van der Waals surface area contributed by atoms with Gasteiger partial charge in [-0.25, -0.2) is 23.5 Å². The van der Waals surface area contributed by atoms with E-state index in [1.54, 1.807) is 18.3 Å². The van der Waals surface area contributed by atoms with Gasteiger partial charge in [0.1, 0.15) is 5.82 Å². The number of nitrogen functional groups attached to an aromatic ring is 1. The summed E-state index contributed by atoms with van der Waals surface area (Å²) in [6, 6.07) is 3.44. The van der Waals surface area contributed by atoms with Gasteiger partial charge in [-0.15, -0.1) is 0 Å². The molecule has 17 heavy (non-hydrogen) atoms. The predicted molar refractivity (Wildman–Crippen MR) is 68.0 cm³/mol. The molecule has 0 amide bonds. The summed E-state index contributed by atoms with van der Waals surface area (Å²) in [4.78, 5) is 3.94. The van der Waals surface area contributed by atoms with Crippen molar-refractivity contribution in [2.75, 3.05) is 37.1 Å². The molecule has 0 saturated carbocycles. The minimum absolute atomic E-state index is 0.0354. The number of aromatic nitrogens is 1. The average molecular weight is 259 g/mol. The van der Waals surface area contributed by atoms with Crippen LogP contribution in [0.5, 0.6) is 0 Å². The molecule has 1 rings (SSSR count). The smallest absolute Gasteiger partial charge is 0.215 e. The maximum absolute atomic E-state index is 11.5. The van der Waals surface area contributed by atoms with Crippen LogP contribution in [0.25, 0.3) is 0 Å². The second kappa shape index (κ2) is 5.80. The number of nitrogens with two attached hydrogens (primary N) is 1. The van der Waals surface area contributed by atoms with Gasteiger partial charge in [0.2, 0.25) is 10.0 Å². The molecular weight excluding hydrogens is 242 g/mol. The van der Waals surface area contributed by atoms with Crippen molar-refractivity contribution in [3.63, 3.8) is 0 Å². The molecule has 0 aromatic carbocycles. The molecule has 0 saturated heterocycles. The Balaban J connectivity index is 2.51. The molecule has 0 aliphatic carbocycles. The van der Waals surface area contributed by atoms with E-state index in [9.17, 15) is 8.42 Å². The molecule has 1 heterocycles. The van der Waals surface area contributed by atoms with E-state index in [0.29, 0.717) is 12.4 Å². The zero-order valence-electron chi connectivity index (χ0n) is 9.84. The van der Waals surface area contributed by atoms with E-state index in [2.05, 4.69) is 15.7 Å². The van der Waals surface area contributed by atoms with Gasteiger partial charge < -0.3 is 10.7 Å². The van der Waals surface area contributed by atoms with Crippen molar-refractivity contribution in [3.8, 4) is 0 Å². The van der Waals surface area contributed by atoms with Crippen molar-refractivity contribution in [3.05, 3.63) is 18.3 Å². The Morgan fingerprint density at radius 2 is 2.18 bits per heavy atom. The third-order valence-electron chi connectivity index (χ3n) is 2.15. The molecule has 0 atom stereocenters. The van der Waals surface area contributed by atoms with Crippen LogP contribution in [0.2, 0.25) is 0 Å².